The summed E-state index contributed by atoms with van der Waals surface area (Å²) in [5.41, 5.74) is 1.13. The number of methoxy groups -OCH3 is 1. The molecule has 0 spiro atoms. The summed E-state index contributed by atoms with van der Waals surface area (Å²) >= 11 is 0. The van der Waals surface area contributed by atoms with E-state index in [1.807, 2.05) is 32.0 Å². The Balaban J connectivity index is 2.86. The molecule has 0 saturated heterocycles. The van der Waals surface area contributed by atoms with Crippen LogP contribution in [0.1, 0.15) is 33.3 Å². The second-order valence-electron chi connectivity index (χ2n) is 4.68. The fourth-order valence-corrected chi connectivity index (χ4v) is 1.50. The molecule has 96 valence electrons. The molecule has 0 aliphatic rings. The summed E-state index contributed by atoms with van der Waals surface area (Å²) in [6, 6.07) is 6.37. The van der Waals surface area contributed by atoms with Gasteiger partial charge in [-0.25, -0.2) is 0 Å². The molecule has 1 N–H and O–H groups in total. The summed E-state index contributed by atoms with van der Waals surface area (Å²) in [7, 11) is 1.68. The van der Waals surface area contributed by atoms with E-state index in [0.29, 0.717) is 6.04 Å². The first-order valence-corrected chi connectivity index (χ1v) is 6.10. The van der Waals surface area contributed by atoms with Crippen molar-refractivity contribution in [3.05, 3.63) is 23.8 Å². The standard InChI is InChI=1S/C14H23NO2/c1-10(2)15-9-12-8-13(16-5)6-7-14(12)17-11(3)4/h6-8,10-11,15H,9H2,1-5H3. The lowest BCUT2D eigenvalue weighted by atomic mass is 10.1. The molecule has 3 nitrogen and oxygen atoms in total. The highest BCUT2D eigenvalue weighted by molar-refractivity contribution is 5.40. The molecule has 0 radical (unpaired) electrons. The molecule has 0 unspecified atom stereocenters. The average Bonchev–Trinajstić information content (AvgIpc) is 2.27. The van der Waals surface area contributed by atoms with Crippen LogP contribution in [0.4, 0.5) is 0 Å². The van der Waals surface area contributed by atoms with Crippen LogP contribution in [0.15, 0.2) is 18.2 Å². The van der Waals surface area contributed by atoms with Crippen LogP contribution in [0.25, 0.3) is 0 Å². The molecular weight excluding hydrogens is 214 g/mol. The third kappa shape index (κ3) is 4.65. The van der Waals surface area contributed by atoms with Crippen molar-refractivity contribution in [2.75, 3.05) is 7.11 Å². The molecule has 0 aliphatic carbocycles. The SMILES string of the molecule is COc1ccc(OC(C)C)c(CNC(C)C)c1. The predicted molar refractivity (Wildman–Crippen MR) is 70.7 cm³/mol. The van der Waals surface area contributed by atoms with Gasteiger partial charge in [-0.3, -0.25) is 0 Å². The minimum Gasteiger partial charge on any atom is -0.497 e. The summed E-state index contributed by atoms with van der Waals surface area (Å²) in [4.78, 5) is 0. The van der Waals surface area contributed by atoms with Crippen molar-refractivity contribution in [1.29, 1.82) is 0 Å². The topological polar surface area (TPSA) is 30.5 Å². The van der Waals surface area contributed by atoms with Crippen LogP contribution < -0.4 is 14.8 Å². The van der Waals surface area contributed by atoms with Crippen molar-refractivity contribution in [3.63, 3.8) is 0 Å². The normalized spacial score (nSPS) is 11.0. The number of ether oxygens (including phenoxy) is 2. The Kier molecular flexibility index (Phi) is 5.29. The summed E-state index contributed by atoms with van der Waals surface area (Å²) in [6.07, 6.45) is 0.182. The predicted octanol–water partition coefficient (Wildman–Crippen LogP) is 2.98. The molecular formula is C14H23NO2. The first kappa shape index (κ1) is 13.8. The van der Waals surface area contributed by atoms with Crippen LogP contribution in [0.5, 0.6) is 11.5 Å². The van der Waals surface area contributed by atoms with Gasteiger partial charge in [0.2, 0.25) is 0 Å². The van der Waals surface area contributed by atoms with E-state index in [1.54, 1.807) is 7.11 Å². The molecule has 0 atom stereocenters. The van der Waals surface area contributed by atoms with Crippen LogP contribution >= 0.6 is 0 Å². The maximum absolute atomic E-state index is 5.78. The largest absolute Gasteiger partial charge is 0.497 e. The van der Waals surface area contributed by atoms with Crippen molar-refractivity contribution in [1.82, 2.24) is 5.32 Å². The highest BCUT2D eigenvalue weighted by Gasteiger charge is 2.08. The summed E-state index contributed by atoms with van der Waals surface area (Å²) in [5.74, 6) is 1.79. The van der Waals surface area contributed by atoms with Crippen LogP contribution in [0, 0.1) is 0 Å². The lowest BCUT2D eigenvalue weighted by Crippen LogP contribution is -2.22. The van der Waals surface area contributed by atoms with E-state index in [0.717, 1.165) is 23.6 Å². The number of hydrogen-bond donors (Lipinski definition) is 1. The van der Waals surface area contributed by atoms with E-state index in [9.17, 15) is 0 Å². The van der Waals surface area contributed by atoms with E-state index in [2.05, 4.69) is 19.2 Å². The quantitative estimate of drug-likeness (QED) is 0.825. The molecule has 0 heterocycles. The first-order valence-electron chi connectivity index (χ1n) is 6.10. The van der Waals surface area contributed by atoms with Gasteiger partial charge in [-0.05, 0) is 32.0 Å². The third-order valence-electron chi connectivity index (χ3n) is 2.33. The molecule has 1 aromatic rings. The zero-order valence-electron chi connectivity index (χ0n) is 11.4. The van der Waals surface area contributed by atoms with E-state index in [4.69, 9.17) is 9.47 Å². The second-order valence-corrected chi connectivity index (χ2v) is 4.68. The van der Waals surface area contributed by atoms with Gasteiger partial charge in [0.25, 0.3) is 0 Å². The molecule has 0 aromatic heterocycles. The Morgan fingerprint density at radius 1 is 1.18 bits per heavy atom. The Labute approximate surface area is 104 Å². The minimum atomic E-state index is 0.182. The number of nitrogens with one attached hydrogen (secondary N) is 1. The van der Waals surface area contributed by atoms with Crippen molar-refractivity contribution >= 4 is 0 Å². The van der Waals surface area contributed by atoms with Gasteiger partial charge in [0.15, 0.2) is 0 Å². The van der Waals surface area contributed by atoms with Gasteiger partial charge in [0, 0.05) is 18.2 Å². The molecule has 1 rings (SSSR count). The smallest absolute Gasteiger partial charge is 0.124 e. The van der Waals surface area contributed by atoms with E-state index in [-0.39, 0.29) is 6.10 Å². The zero-order chi connectivity index (χ0) is 12.8. The molecule has 0 saturated carbocycles. The van der Waals surface area contributed by atoms with Crippen molar-refractivity contribution in [2.45, 2.75) is 46.4 Å². The number of rotatable bonds is 6. The fourth-order valence-electron chi connectivity index (χ4n) is 1.50. The second kappa shape index (κ2) is 6.50. The number of benzene rings is 1. The van der Waals surface area contributed by atoms with Crippen LogP contribution in [-0.2, 0) is 6.54 Å². The molecule has 3 heteroatoms. The van der Waals surface area contributed by atoms with Crippen molar-refractivity contribution < 1.29 is 9.47 Å². The fraction of sp³-hybridized carbons (Fsp3) is 0.571. The minimum absolute atomic E-state index is 0.182. The van der Waals surface area contributed by atoms with E-state index < -0.39 is 0 Å². The molecule has 0 aliphatic heterocycles. The van der Waals surface area contributed by atoms with Crippen LogP contribution in [-0.4, -0.2) is 19.3 Å². The summed E-state index contributed by atoms with van der Waals surface area (Å²) in [5, 5.41) is 3.39. The zero-order valence-corrected chi connectivity index (χ0v) is 11.4. The molecule has 0 bridgehead atoms. The van der Waals surface area contributed by atoms with Crippen LogP contribution in [0.2, 0.25) is 0 Å². The summed E-state index contributed by atoms with van der Waals surface area (Å²) in [6.45, 7) is 9.11. The summed E-state index contributed by atoms with van der Waals surface area (Å²) < 4.78 is 11.0. The highest BCUT2D eigenvalue weighted by atomic mass is 16.5. The lowest BCUT2D eigenvalue weighted by molar-refractivity contribution is 0.239. The molecule has 0 fully saturated rings. The Morgan fingerprint density at radius 3 is 2.41 bits per heavy atom. The van der Waals surface area contributed by atoms with Gasteiger partial charge in [-0.15, -0.1) is 0 Å². The molecule has 17 heavy (non-hydrogen) atoms. The Morgan fingerprint density at radius 2 is 1.88 bits per heavy atom. The van der Waals surface area contributed by atoms with Crippen LogP contribution in [0.3, 0.4) is 0 Å². The van der Waals surface area contributed by atoms with Gasteiger partial charge in [0.1, 0.15) is 11.5 Å². The Hall–Kier alpha value is -1.22. The van der Waals surface area contributed by atoms with Crippen molar-refractivity contribution in [3.8, 4) is 11.5 Å². The number of hydrogen-bond acceptors (Lipinski definition) is 3. The van der Waals surface area contributed by atoms with Gasteiger partial charge in [-0.1, -0.05) is 13.8 Å². The monoisotopic (exact) mass is 237 g/mol. The van der Waals surface area contributed by atoms with Gasteiger partial charge in [0.05, 0.1) is 13.2 Å². The Bertz CT molecular complexity index is 348. The van der Waals surface area contributed by atoms with Gasteiger partial charge in [-0.2, -0.15) is 0 Å². The maximum atomic E-state index is 5.78. The van der Waals surface area contributed by atoms with E-state index >= 15 is 0 Å². The molecule has 0 amide bonds. The lowest BCUT2D eigenvalue weighted by Gasteiger charge is -2.16. The van der Waals surface area contributed by atoms with E-state index in [1.165, 1.54) is 0 Å². The van der Waals surface area contributed by atoms with Gasteiger partial charge >= 0.3 is 0 Å². The average molecular weight is 237 g/mol. The van der Waals surface area contributed by atoms with Gasteiger partial charge < -0.3 is 14.8 Å². The third-order valence-corrected chi connectivity index (χ3v) is 2.33. The molecule has 1 aromatic carbocycles. The van der Waals surface area contributed by atoms with Crippen molar-refractivity contribution in [2.24, 2.45) is 0 Å². The first-order chi connectivity index (χ1) is 8.02. The highest BCUT2D eigenvalue weighted by Crippen LogP contribution is 2.25. The maximum Gasteiger partial charge on any atom is 0.124 e.